The molecule has 13 heavy (non-hydrogen) atoms. The number of hydrogen-bond acceptors (Lipinski definition) is 2. The van der Waals surface area contributed by atoms with Crippen molar-refractivity contribution in [1.29, 1.82) is 0 Å². The number of carbonyl (C=O) groups excluding carboxylic acids is 1. The molecule has 0 aliphatic rings. The molecular formula is C11H14OS. The third-order valence-electron chi connectivity index (χ3n) is 2.01. The summed E-state index contributed by atoms with van der Waals surface area (Å²) in [6.45, 7) is 7.76. The molecule has 1 rings (SSSR count). The fraction of sp³-hybridized carbons (Fsp3) is 0.364. The van der Waals surface area contributed by atoms with E-state index in [1.54, 1.807) is 11.3 Å². The molecule has 70 valence electrons. The van der Waals surface area contributed by atoms with E-state index < -0.39 is 0 Å². The fourth-order valence-corrected chi connectivity index (χ4v) is 2.27. The second-order valence-electron chi connectivity index (χ2n) is 3.65. The highest BCUT2D eigenvalue weighted by Gasteiger charge is 2.26. The molecule has 0 spiro atoms. The first kappa shape index (κ1) is 10.2. The van der Waals surface area contributed by atoms with Gasteiger partial charge in [0, 0.05) is 4.88 Å². The summed E-state index contributed by atoms with van der Waals surface area (Å²) >= 11 is 1.62. The molecule has 0 saturated heterocycles. The largest absolute Gasteiger partial charge is 0.302 e. The van der Waals surface area contributed by atoms with Crippen molar-refractivity contribution in [3.8, 4) is 0 Å². The maximum atomic E-state index is 11.0. The van der Waals surface area contributed by atoms with Crippen LogP contribution in [0.2, 0.25) is 0 Å². The van der Waals surface area contributed by atoms with Crippen molar-refractivity contribution >= 4 is 17.6 Å². The average molecular weight is 194 g/mol. The molecule has 0 aliphatic carbocycles. The molecule has 0 amide bonds. The van der Waals surface area contributed by atoms with Crippen LogP contribution in [0.1, 0.15) is 25.1 Å². The van der Waals surface area contributed by atoms with Crippen molar-refractivity contribution in [2.75, 3.05) is 0 Å². The Morgan fingerprint density at radius 3 is 2.85 bits per heavy atom. The van der Waals surface area contributed by atoms with Gasteiger partial charge in [-0.25, -0.2) is 0 Å². The first-order valence-electron chi connectivity index (χ1n) is 4.23. The predicted molar refractivity (Wildman–Crippen MR) is 57.2 cm³/mol. The van der Waals surface area contributed by atoms with Gasteiger partial charge < -0.3 is 4.79 Å². The first-order chi connectivity index (χ1) is 6.08. The standard InChI is InChI=1S/C11H14OS/c1-9(2)7-11(3,8-12)10-5-4-6-13-10/h4-6,8H,1,7H2,2-3H3. The van der Waals surface area contributed by atoms with Gasteiger partial charge in [-0.05, 0) is 31.7 Å². The summed E-state index contributed by atoms with van der Waals surface area (Å²) in [7, 11) is 0. The van der Waals surface area contributed by atoms with Crippen LogP contribution in [-0.4, -0.2) is 6.29 Å². The normalized spacial score (nSPS) is 14.9. The summed E-state index contributed by atoms with van der Waals surface area (Å²) in [5, 5.41) is 2.00. The highest BCUT2D eigenvalue weighted by atomic mass is 32.1. The number of rotatable bonds is 4. The zero-order valence-electron chi connectivity index (χ0n) is 8.04. The molecule has 0 aromatic carbocycles. The average Bonchev–Trinajstić information content (AvgIpc) is 2.55. The number of thiophene rings is 1. The Morgan fingerprint density at radius 2 is 2.46 bits per heavy atom. The minimum Gasteiger partial charge on any atom is -0.302 e. The Balaban J connectivity index is 2.94. The van der Waals surface area contributed by atoms with E-state index in [0.29, 0.717) is 0 Å². The molecule has 0 fully saturated rings. The van der Waals surface area contributed by atoms with E-state index in [0.717, 1.165) is 23.2 Å². The molecule has 0 N–H and O–H groups in total. The third-order valence-corrected chi connectivity index (χ3v) is 3.16. The van der Waals surface area contributed by atoms with Crippen LogP contribution in [-0.2, 0) is 10.2 Å². The third kappa shape index (κ3) is 2.28. The van der Waals surface area contributed by atoms with Crippen LogP contribution in [0.15, 0.2) is 29.7 Å². The van der Waals surface area contributed by atoms with Crippen molar-refractivity contribution < 1.29 is 4.79 Å². The number of aldehydes is 1. The monoisotopic (exact) mass is 194 g/mol. The lowest BCUT2D eigenvalue weighted by atomic mass is 9.84. The number of carbonyl (C=O) groups is 1. The van der Waals surface area contributed by atoms with E-state index >= 15 is 0 Å². The van der Waals surface area contributed by atoms with Crippen LogP contribution in [0.4, 0.5) is 0 Å². The SMILES string of the molecule is C=C(C)CC(C)(C=O)c1cccs1. The maximum Gasteiger partial charge on any atom is 0.131 e. The van der Waals surface area contributed by atoms with Crippen LogP contribution in [0, 0.1) is 0 Å². The lowest BCUT2D eigenvalue weighted by Crippen LogP contribution is -2.22. The smallest absolute Gasteiger partial charge is 0.131 e. The van der Waals surface area contributed by atoms with Crippen LogP contribution in [0.5, 0.6) is 0 Å². The zero-order chi connectivity index (χ0) is 9.90. The van der Waals surface area contributed by atoms with Gasteiger partial charge in [0.25, 0.3) is 0 Å². The minimum absolute atomic E-state index is 0.375. The van der Waals surface area contributed by atoms with Crippen molar-refractivity contribution in [2.45, 2.75) is 25.7 Å². The summed E-state index contributed by atoms with van der Waals surface area (Å²) in [5.41, 5.74) is 0.669. The van der Waals surface area contributed by atoms with Crippen LogP contribution in [0.25, 0.3) is 0 Å². The van der Waals surface area contributed by atoms with Gasteiger partial charge in [-0.3, -0.25) is 0 Å². The summed E-state index contributed by atoms with van der Waals surface area (Å²) in [4.78, 5) is 12.1. The van der Waals surface area contributed by atoms with Crippen LogP contribution in [0.3, 0.4) is 0 Å². The van der Waals surface area contributed by atoms with Gasteiger partial charge in [0.15, 0.2) is 0 Å². The van der Waals surface area contributed by atoms with E-state index in [9.17, 15) is 4.79 Å². The highest BCUT2D eigenvalue weighted by Crippen LogP contribution is 2.31. The van der Waals surface area contributed by atoms with Gasteiger partial charge in [0.2, 0.25) is 0 Å². The summed E-state index contributed by atoms with van der Waals surface area (Å²) in [6, 6.07) is 3.97. The summed E-state index contributed by atoms with van der Waals surface area (Å²) in [6.07, 6.45) is 1.75. The molecule has 0 saturated carbocycles. The highest BCUT2D eigenvalue weighted by molar-refractivity contribution is 7.10. The molecule has 2 heteroatoms. The zero-order valence-corrected chi connectivity index (χ0v) is 8.86. The lowest BCUT2D eigenvalue weighted by Gasteiger charge is -2.21. The number of allylic oxidation sites excluding steroid dienone is 1. The van der Waals surface area contributed by atoms with Gasteiger partial charge in [0.05, 0.1) is 5.41 Å². The molecule has 0 aliphatic heterocycles. The fourth-order valence-electron chi connectivity index (χ4n) is 1.42. The molecule has 1 aromatic rings. The van der Waals surface area contributed by atoms with Crippen molar-refractivity contribution in [3.63, 3.8) is 0 Å². The molecule has 1 nitrogen and oxygen atoms in total. The van der Waals surface area contributed by atoms with Crippen LogP contribution >= 0.6 is 11.3 Å². The molecule has 1 heterocycles. The van der Waals surface area contributed by atoms with E-state index in [-0.39, 0.29) is 5.41 Å². The second kappa shape index (κ2) is 3.88. The predicted octanol–water partition coefficient (Wildman–Crippen LogP) is 3.17. The van der Waals surface area contributed by atoms with E-state index in [1.807, 2.05) is 31.4 Å². The van der Waals surface area contributed by atoms with Gasteiger partial charge in [0.1, 0.15) is 6.29 Å². The van der Waals surface area contributed by atoms with E-state index in [4.69, 9.17) is 0 Å². The maximum absolute atomic E-state index is 11.0. The van der Waals surface area contributed by atoms with E-state index in [1.165, 1.54) is 0 Å². The molecule has 1 atom stereocenters. The molecular weight excluding hydrogens is 180 g/mol. The van der Waals surface area contributed by atoms with Crippen molar-refractivity contribution in [3.05, 3.63) is 34.5 Å². The quantitative estimate of drug-likeness (QED) is 0.531. The Morgan fingerprint density at radius 1 is 1.77 bits per heavy atom. The Hall–Kier alpha value is -0.890. The number of hydrogen-bond donors (Lipinski definition) is 0. The Labute approximate surface area is 83.1 Å². The van der Waals surface area contributed by atoms with Crippen molar-refractivity contribution in [2.24, 2.45) is 0 Å². The minimum atomic E-state index is -0.375. The van der Waals surface area contributed by atoms with Crippen LogP contribution < -0.4 is 0 Å². The molecule has 0 radical (unpaired) electrons. The van der Waals surface area contributed by atoms with Gasteiger partial charge in [-0.15, -0.1) is 17.9 Å². The second-order valence-corrected chi connectivity index (χ2v) is 4.59. The Bertz CT molecular complexity index is 300. The van der Waals surface area contributed by atoms with Gasteiger partial charge in [-0.1, -0.05) is 11.6 Å². The van der Waals surface area contributed by atoms with Crippen molar-refractivity contribution in [1.82, 2.24) is 0 Å². The first-order valence-corrected chi connectivity index (χ1v) is 5.11. The van der Waals surface area contributed by atoms with Gasteiger partial charge >= 0.3 is 0 Å². The Kier molecular flexibility index (Phi) is 3.04. The van der Waals surface area contributed by atoms with Gasteiger partial charge in [-0.2, -0.15) is 0 Å². The summed E-state index contributed by atoms with van der Waals surface area (Å²) in [5.74, 6) is 0. The summed E-state index contributed by atoms with van der Waals surface area (Å²) < 4.78 is 0. The molecule has 0 bridgehead atoms. The molecule has 1 unspecified atom stereocenters. The molecule has 1 aromatic heterocycles. The lowest BCUT2D eigenvalue weighted by molar-refractivity contribution is -0.112. The van der Waals surface area contributed by atoms with E-state index in [2.05, 4.69) is 6.58 Å². The topological polar surface area (TPSA) is 17.1 Å².